The predicted molar refractivity (Wildman–Crippen MR) is 91.0 cm³/mol. The zero-order valence-electron chi connectivity index (χ0n) is 12.8. The van der Waals surface area contributed by atoms with E-state index in [4.69, 9.17) is 0 Å². The van der Waals surface area contributed by atoms with Crippen molar-refractivity contribution in [3.05, 3.63) is 70.7 Å². The van der Waals surface area contributed by atoms with Gasteiger partial charge in [0.05, 0.1) is 12.1 Å². The predicted octanol–water partition coefficient (Wildman–Crippen LogP) is 4.58. The van der Waals surface area contributed by atoms with Gasteiger partial charge in [-0.2, -0.15) is 0 Å². The third-order valence-corrected chi connectivity index (χ3v) is 4.38. The van der Waals surface area contributed by atoms with E-state index in [0.29, 0.717) is 22.0 Å². The van der Waals surface area contributed by atoms with Crippen LogP contribution in [-0.2, 0) is 11.2 Å². The molecule has 3 nitrogen and oxygen atoms in total. The second kappa shape index (κ2) is 6.88. The van der Waals surface area contributed by atoms with E-state index >= 15 is 0 Å². The number of anilines is 1. The van der Waals surface area contributed by atoms with Crippen LogP contribution in [0.25, 0.3) is 10.6 Å². The van der Waals surface area contributed by atoms with E-state index in [0.717, 1.165) is 5.56 Å². The highest BCUT2D eigenvalue weighted by Gasteiger charge is 2.11. The van der Waals surface area contributed by atoms with Gasteiger partial charge in [0.15, 0.2) is 0 Å². The molecule has 3 rings (SSSR count). The van der Waals surface area contributed by atoms with Crippen LogP contribution in [0.2, 0.25) is 0 Å². The van der Waals surface area contributed by atoms with Crippen LogP contribution in [0, 0.1) is 18.6 Å². The summed E-state index contributed by atoms with van der Waals surface area (Å²) in [6.07, 6.45) is 0.0712. The Kier molecular flexibility index (Phi) is 4.66. The molecule has 0 aliphatic heterocycles. The molecule has 0 spiro atoms. The van der Waals surface area contributed by atoms with Crippen molar-refractivity contribution in [1.29, 1.82) is 0 Å². The molecule has 2 aromatic carbocycles. The Bertz CT molecular complexity index is 892. The van der Waals surface area contributed by atoms with E-state index in [1.807, 2.05) is 0 Å². The van der Waals surface area contributed by atoms with Crippen LogP contribution < -0.4 is 5.32 Å². The van der Waals surface area contributed by atoms with Gasteiger partial charge in [0.2, 0.25) is 5.91 Å². The molecule has 0 saturated carbocycles. The molecular formula is C18H14F2N2OS. The number of thiazole rings is 1. The molecule has 6 heteroatoms. The number of halogens is 2. The number of nitrogens with zero attached hydrogens (tertiary/aromatic N) is 1. The lowest BCUT2D eigenvalue weighted by atomic mass is 10.2. The largest absolute Gasteiger partial charge is 0.325 e. The minimum atomic E-state index is -0.405. The normalized spacial score (nSPS) is 10.6. The number of carbonyl (C=O) groups excluding carboxylic acids is 1. The molecule has 0 fully saturated rings. The maximum atomic E-state index is 13.3. The van der Waals surface area contributed by atoms with Crippen LogP contribution in [0.15, 0.2) is 47.8 Å². The Labute approximate surface area is 142 Å². The average Bonchev–Trinajstić information content (AvgIpc) is 2.99. The molecular weight excluding hydrogens is 330 g/mol. The van der Waals surface area contributed by atoms with Crippen molar-refractivity contribution in [2.24, 2.45) is 0 Å². The zero-order chi connectivity index (χ0) is 17.1. The summed E-state index contributed by atoms with van der Waals surface area (Å²) in [4.78, 5) is 16.5. The minimum absolute atomic E-state index is 0.0712. The van der Waals surface area contributed by atoms with Gasteiger partial charge in [-0.15, -0.1) is 11.3 Å². The van der Waals surface area contributed by atoms with E-state index < -0.39 is 5.82 Å². The monoisotopic (exact) mass is 344 g/mol. The van der Waals surface area contributed by atoms with E-state index in [1.54, 1.807) is 30.5 Å². The molecule has 0 bridgehead atoms. The Balaban J connectivity index is 1.70. The Morgan fingerprint density at radius 1 is 1.17 bits per heavy atom. The molecule has 1 amide bonds. The number of aryl methyl sites for hydroxylation is 1. The van der Waals surface area contributed by atoms with Gasteiger partial charge in [-0.05, 0) is 36.8 Å². The highest BCUT2D eigenvalue weighted by molar-refractivity contribution is 7.13. The van der Waals surface area contributed by atoms with Crippen molar-refractivity contribution in [2.75, 3.05) is 5.32 Å². The van der Waals surface area contributed by atoms with E-state index in [9.17, 15) is 13.6 Å². The van der Waals surface area contributed by atoms with Gasteiger partial charge in [-0.1, -0.05) is 18.2 Å². The summed E-state index contributed by atoms with van der Waals surface area (Å²) in [5.41, 5.74) is 2.49. The van der Waals surface area contributed by atoms with Crippen molar-refractivity contribution in [3.63, 3.8) is 0 Å². The molecule has 1 N–H and O–H groups in total. The van der Waals surface area contributed by atoms with Crippen molar-refractivity contribution < 1.29 is 13.6 Å². The van der Waals surface area contributed by atoms with Gasteiger partial charge in [0.1, 0.15) is 16.6 Å². The van der Waals surface area contributed by atoms with Crippen LogP contribution in [0.5, 0.6) is 0 Å². The molecule has 0 radical (unpaired) electrons. The highest BCUT2D eigenvalue weighted by atomic mass is 32.1. The summed E-state index contributed by atoms with van der Waals surface area (Å²) in [7, 11) is 0. The smallest absolute Gasteiger partial charge is 0.230 e. The van der Waals surface area contributed by atoms with Gasteiger partial charge in [-0.3, -0.25) is 4.79 Å². The number of amides is 1. The van der Waals surface area contributed by atoms with Gasteiger partial charge >= 0.3 is 0 Å². The number of hydrogen-bond donors (Lipinski definition) is 1. The van der Waals surface area contributed by atoms with Crippen LogP contribution >= 0.6 is 11.3 Å². The molecule has 3 aromatic rings. The number of carbonyl (C=O) groups is 1. The average molecular weight is 344 g/mol. The number of aromatic nitrogens is 1. The lowest BCUT2D eigenvalue weighted by Gasteiger charge is -2.07. The molecule has 0 aliphatic carbocycles. The Morgan fingerprint density at radius 3 is 2.75 bits per heavy atom. The van der Waals surface area contributed by atoms with E-state index in [-0.39, 0.29) is 18.1 Å². The molecule has 122 valence electrons. The number of rotatable bonds is 4. The molecule has 0 aliphatic rings. The SMILES string of the molecule is Cc1ccc(F)cc1NC(=O)Cc1csc(-c2cccc(F)c2)n1. The quantitative estimate of drug-likeness (QED) is 0.753. The second-order valence-corrected chi connectivity index (χ2v) is 6.20. The van der Waals surface area contributed by atoms with Crippen molar-refractivity contribution in [1.82, 2.24) is 4.98 Å². The summed E-state index contributed by atoms with van der Waals surface area (Å²) in [5, 5.41) is 5.10. The van der Waals surface area contributed by atoms with Gasteiger partial charge in [-0.25, -0.2) is 13.8 Å². The van der Waals surface area contributed by atoms with Gasteiger partial charge in [0, 0.05) is 16.6 Å². The van der Waals surface area contributed by atoms with E-state index in [1.165, 1.54) is 35.6 Å². The molecule has 1 aromatic heterocycles. The van der Waals surface area contributed by atoms with Gasteiger partial charge in [0.25, 0.3) is 0 Å². The fourth-order valence-corrected chi connectivity index (χ4v) is 3.05. The fraction of sp³-hybridized carbons (Fsp3) is 0.111. The van der Waals surface area contributed by atoms with E-state index in [2.05, 4.69) is 10.3 Å². The van der Waals surface area contributed by atoms with Crippen molar-refractivity contribution in [2.45, 2.75) is 13.3 Å². The van der Waals surface area contributed by atoms with Crippen LogP contribution in [0.4, 0.5) is 14.5 Å². The number of benzene rings is 2. The maximum absolute atomic E-state index is 13.3. The number of nitrogens with one attached hydrogen (secondary N) is 1. The number of hydrogen-bond acceptors (Lipinski definition) is 3. The first-order valence-electron chi connectivity index (χ1n) is 7.27. The lowest BCUT2D eigenvalue weighted by Crippen LogP contribution is -2.15. The third kappa shape index (κ3) is 3.83. The summed E-state index contributed by atoms with van der Waals surface area (Å²) in [5.74, 6) is -1.01. The summed E-state index contributed by atoms with van der Waals surface area (Å²) < 4.78 is 26.5. The standard InChI is InChI=1S/C18H14F2N2OS/c1-11-5-6-14(20)8-16(11)22-17(23)9-15-10-24-18(21-15)12-3-2-4-13(19)7-12/h2-8,10H,9H2,1H3,(H,22,23). The van der Waals surface area contributed by atoms with Crippen molar-refractivity contribution >= 4 is 22.9 Å². The van der Waals surface area contributed by atoms with Crippen LogP contribution in [0.3, 0.4) is 0 Å². The molecule has 0 unspecified atom stereocenters. The molecule has 24 heavy (non-hydrogen) atoms. The first-order chi connectivity index (χ1) is 11.5. The highest BCUT2D eigenvalue weighted by Crippen LogP contribution is 2.24. The van der Waals surface area contributed by atoms with Crippen LogP contribution in [0.1, 0.15) is 11.3 Å². The zero-order valence-corrected chi connectivity index (χ0v) is 13.7. The topological polar surface area (TPSA) is 42.0 Å². The fourth-order valence-electron chi connectivity index (χ4n) is 2.23. The summed E-state index contributed by atoms with van der Waals surface area (Å²) in [6.45, 7) is 1.79. The maximum Gasteiger partial charge on any atom is 0.230 e. The first kappa shape index (κ1) is 16.3. The summed E-state index contributed by atoms with van der Waals surface area (Å²) in [6, 6.07) is 10.4. The Morgan fingerprint density at radius 2 is 1.96 bits per heavy atom. The molecule has 0 atom stereocenters. The van der Waals surface area contributed by atoms with Crippen LogP contribution in [-0.4, -0.2) is 10.9 Å². The molecule has 0 saturated heterocycles. The minimum Gasteiger partial charge on any atom is -0.325 e. The third-order valence-electron chi connectivity index (χ3n) is 3.44. The lowest BCUT2D eigenvalue weighted by molar-refractivity contribution is -0.115. The van der Waals surface area contributed by atoms with Crippen molar-refractivity contribution in [3.8, 4) is 10.6 Å². The first-order valence-corrected chi connectivity index (χ1v) is 8.15. The van der Waals surface area contributed by atoms with Gasteiger partial charge < -0.3 is 5.32 Å². The molecule has 1 heterocycles. The second-order valence-electron chi connectivity index (χ2n) is 5.34. The summed E-state index contributed by atoms with van der Waals surface area (Å²) >= 11 is 1.35. The Hall–Kier alpha value is -2.60.